The normalized spacial score (nSPS) is 11.1. The van der Waals surface area contributed by atoms with Gasteiger partial charge in [0.2, 0.25) is 15.9 Å². The van der Waals surface area contributed by atoms with Crippen molar-refractivity contribution in [1.82, 2.24) is 4.72 Å². The first-order valence-electron chi connectivity index (χ1n) is 4.33. The first-order valence-corrected chi connectivity index (χ1v) is 5.82. The molecule has 88 valence electrons. The summed E-state index contributed by atoms with van der Waals surface area (Å²) < 4.78 is 30.2. The molecule has 1 amide bonds. The van der Waals surface area contributed by atoms with E-state index >= 15 is 0 Å². The highest BCUT2D eigenvalue weighted by atomic mass is 32.2. The number of carbonyl (C=O) groups excluding carboxylic acids is 1. The Morgan fingerprint density at radius 2 is 2.06 bits per heavy atom. The average molecular weight is 244 g/mol. The second-order valence-corrected chi connectivity index (χ2v) is 4.79. The van der Waals surface area contributed by atoms with Gasteiger partial charge in [0.1, 0.15) is 10.6 Å². The van der Waals surface area contributed by atoms with Crippen molar-refractivity contribution in [2.75, 3.05) is 14.2 Å². The number of carbonyl (C=O) groups is 1. The first kappa shape index (κ1) is 12.5. The third-order valence-corrected chi connectivity index (χ3v) is 3.46. The highest BCUT2D eigenvalue weighted by molar-refractivity contribution is 7.89. The van der Waals surface area contributed by atoms with Gasteiger partial charge >= 0.3 is 0 Å². The molecule has 0 aliphatic rings. The molecule has 0 atom stereocenters. The fraction of sp³-hybridized carbons (Fsp3) is 0.222. The van der Waals surface area contributed by atoms with Gasteiger partial charge in [-0.15, -0.1) is 0 Å². The fourth-order valence-electron chi connectivity index (χ4n) is 1.15. The van der Waals surface area contributed by atoms with Crippen molar-refractivity contribution >= 4 is 15.9 Å². The van der Waals surface area contributed by atoms with Gasteiger partial charge in [-0.3, -0.25) is 4.79 Å². The molecule has 16 heavy (non-hydrogen) atoms. The van der Waals surface area contributed by atoms with E-state index in [1.54, 1.807) is 0 Å². The number of hydrogen-bond donors (Lipinski definition) is 2. The molecule has 0 aliphatic heterocycles. The van der Waals surface area contributed by atoms with Gasteiger partial charge in [-0.05, 0) is 25.2 Å². The molecule has 0 aliphatic carbocycles. The number of amides is 1. The Balaban J connectivity index is 3.39. The van der Waals surface area contributed by atoms with Crippen LogP contribution in [-0.2, 0) is 10.0 Å². The summed E-state index contributed by atoms with van der Waals surface area (Å²) >= 11 is 0. The van der Waals surface area contributed by atoms with Crippen LogP contribution in [0.5, 0.6) is 5.75 Å². The van der Waals surface area contributed by atoms with Gasteiger partial charge in [-0.25, -0.2) is 13.1 Å². The zero-order valence-corrected chi connectivity index (χ0v) is 9.67. The molecule has 6 nitrogen and oxygen atoms in total. The molecule has 0 saturated carbocycles. The van der Waals surface area contributed by atoms with Gasteiger partial charge in [0.25, 0.3) is 0 Å². The Kier molecular flexibility index (Phi) is 3.51. The van der Waals surface area contributed by atoms with E-state index in [4.69, 9.17) is 10.5 Å². The largest absolute Gasteiger partial charge is 0.495 e. The van der Waals surface area contributed by atoms with Crippen molar-refractivity contribution in [2.24, 2.45) is 5.73 Å². The minimum absolute atomic E-state index is 0.0394. The lowest BCUT2D eigenvalue weighted by Gasteiger charge is -2.09. The number of hydrogen-bond acceptors (Lipinski definition) is 4. The third-order valence-electron chi connectivity index (χ3n) is 2.01. The molecule has 0 aromatic heterocycles. The van der Waals surface area contributed by atoms with Crippen LogP contribution in [0.3, 0.4) is 0 Å². The van der Waals surface area contributed by atoms with Gasteiger partial charge in [-0.2, -0.15) is 0 Å². The van der Waals surface area contributed by atoms with E-state index in [2.05, 4.69) is 4.72 Å². The van der Waals surface area contributed by atoms with Crippen molar-refractivity contribution in [2.45, 2.75) is 4.90 Å². The molecule has 0 unspecified atom stereocenters. The van der Waals surface area contributed by atoms with Gasteiger partial charge in [-0.1, -0.05) is 0 Å². The highest BCUT2D eigenvalue weighted by Crippen LogP contribution is 2.24. The summed E-state index contributed by atoms with van der Waals surface area (Å²) in [5.74, 6) is -0.572. The van der Waals surface area contributed by atoms with Crippen molar-refractivity contribution in [3.8, 4) is 5.75 Å². The zero-order valence-electron chi connectivity index (χ0n) is 8.85. The number of nitrogens with two attached hydrogens (primary N) is 1. The number of methoxy groups -OCH3 is 1. The summed E-state index contributed by atoms with van der Waals surface area (Å²) in [4.78, 5) is 10.9. The second kappa shape index (κ2) is 4.50. The molecule has 3 N–H and O–H groups in total. The maximum absolute atomic E-state index is 11.6. The summed E-state index contributed by atoms with van der Waals surface area (Å²) in [6.45, 7) is 0. The molecule has 0 heterocycles. The smallest absolute Gasteiger partial charge is 0.248 e. The minimum Gasteiger partial charge on any atom is -0.495 e. The Morgan fingerprint density at radius 3 is 2.50 bits per heavy atom. The van der Waals surface area contributed by atoms with Crippen molar-refractivity contribution < 1.29 is 17.9 Å². The molecule has 0 fully saturated rings. The van der Waals surface area contributed by atoms with E-state index in [0.717, 1.165) is 0 Å². The quantitative estimate of drug-likeness (QED) is 0.759. The number of primary amides is 1. The average Bonchev–Trinajstić information content (AvgIpc) is 2.28. The molecular formula is C9H12N2O4S. The van der Waals surface area contributed by atoms with Gasteiger partial charge in [0.15, 0.2) is 0 Å². The van der Waals surface area contributed by atoms with Crippen LogP contribution in [0.15, 0.2) is 23.1 Å². The second-order valence-electron chi connectivity index (χ2n) is 2.94. The van der Waals surface area contributed by atoms with Gasteiger partial charge < -0.3 is 10.5 Å². The number of benzene rings is 1. The van der Waals surface area contributed by atoms with Crippen LogP contribution in [0.1, 0.15) is 10.4 Å². The van der Waals surface area contributed by atoms with Crippen LogP contribution in [0, 0.1) is 0 Å². The van der Waals surface area contributed by atoms with E-state index in [9.17, 15) is 13.2 Å². The third kappa shape index (κ3) is 2.31. The number of ether oxygens (including phenoxy) is 1. The van der Waals surface area contributed by atoms with Crippen molar-refractivity contribution in [3.05, 3.63) is 23.8 Å². The number of rotatable bonds is 4. The summed E-state index contributed by atoms with van der Waals surface area (Å²) in [7, 11) is -1.01. The lowest BCUT2D eigenvalue weighted by atomic mass is 10.2. The topological polar surface area (TPSA) is 98.5 Å². The van der Waals surface area contributed by atoms with Crippen LogP contribution in [0.4, 0.5) is 0 Å². The zero-order chi connectivity index (χ0) is 12.3. The van der Waals surface area contributed by atoms with Crippen LogP contribution in [0.25, 0.3) is 0 Å². The summed E-state index contributed by atoms with van der Waals surface area (Å²) in [5.41, 5.74) is 5.26. The lowest BCUT2D eigenvalue weighted by Crippen LogP contribution is -2.20. The van der Waals surface area contributed by atoms with Crippen LogP contribution < -0.4 is 15.2 Å². The Morgan fingerprint density at radius 1 is 1.44 bits per heavy atom. The van der Waals surface area contributed by atoms with Crippen molar-refractivity contribution in [3.63, 3.8) is 0 Å². The Labute approximate surface area is 93.5 Å². The number of sulfonamides is 1. The standard InChI is InChI=1S/C9H12N2O4S/c1-11-16(13,14)8-4-3-6(9(10)12)5-7(8)15-2/h3-5,11H,1-2H3,(H2,10,12). The van der Waals surface area contributed by atoms with E-state index in [0.29, 0.717) is 0 Å². The van der Waals surface area contributed by atoms with E-state index < -0.39 is 15.9 Å². The van der Waals surface area contributed by atoms with E-state index in [1.165, 1.54) is 32.4 Å². The van der Waals surface area contributed by atoms with Gasteiger partial charge in [0, 0.05) is 5.56 Å². The molecule has 0 bridgehead atoms. The summed E-state index contributed by atoms with van der Waals surface area (Å²) in [5, 5.41) is 0. The van der Waals surface area contributed by atoms with Crippen molar-refractivity contribution in [1.29, 1.82) is 0 Å². The maximum Gasteiger partial charge on any atom is 0.248 e. The Bertz CT molecular complexity index is 510. The fourth-order valence-corrected chi connectivity index (χ4v) is 2.03. The van der Waals surface area contributed by atoms with E-state index in [1.807, 2.05) is 0 Å². The Hall–Kier alpha value is -1.60. The SMILES string of the molecule is CNS(=O)(=O)c1ccc(C(N)=O)cc1OC. The summed E-state index contributed by atoms with van der Waals surface area (Å²) in [6.07, 6.45) is 0. The van der Waals surface area contributed by atoms with Crippen LogP contribution >= 0.6 is 0 Å². The maximum atomic E-state index is 11.6. The predicted octanol–water partition coefficient (Wildman–Crippen LogP) is -0.298. The molecule has 0 saturated heterocycles. The highest BCUT2D eigenvalue weighted by Gasteiger charge is 2.18. The minimum atomic E-state index is -3.61. The van der Waals surface area contributed by atoms with Gasteiger partial charge in [0.05, 0.1) is 7.11 Å². The monoisotopic (exact) mass is 244 g/mol. The molecular weight excluding hydrogens is 232 g/mol. The molecule has 1 aromatic rings. The van der Waals surface area contributed by atoms with Crippen LogP contribution in [-0.4, -0.2) is 28.5 Å². The predicted molar refractivity (Wildman–Crippen MR) is 57.8 cm³/mol. The molecule has 1 aromatic carbocycles. The lowest BCUT2D eigenvalue weighted by molar-refractivity contribution is 0.1000. The number of nitrogens with one attached hydrogen (secondary N) is 1. The van der Waals surface area contributed by atoms with E-state index in [-0.39, 0.29) is 16.2 Å². The molecule has 0 spiro atoms. The molecule has 0 radical (unpaired) electrons. The molecule has 1 rings (SSSR count). The van der Waals surface area contributed by atoms with Crippen LogP contribution in [0.2, 0.25) is 0 Å². The summed E-state index contributed by atoms with van der Waals surface area (Å²) in [6, 6.07) is 3.88. The molecule has 7 heteroatoms. The first-order chi connectivity index (χ1) is 7.42.